The first-order valence-corrected chi connectivity index (χ1v) is 11.2. The van der Waals surface area contributed by atoms with Crippen LogP contribution in [0.3, 0.4) is 0 Å². The number of carbonyl (C=O) groups is 1. The second-order valence-electron chi connectivity index (χ2n) is 7.63. The summed E-state index contributed by atoms with van der Waals surface area (Å²) in [6.45, 7) is 0.698. The smallest absolute Gasteiger partial charge is 0.262 e. The lowest BCUT2D eigenvalue weighted by molar-refractivity contribution is -0.126. The van der Waals surface area contributed by atoms with Crippen molar-refractivity contribution in [2.75, 3.05) is 13.1 Å². The second kappa shape index (κ2) is 8.52. The van der Waals surface area contributed by atoms with Crippen molar-refractivity contribution in [3.05, 3.63) is 12.5 Å². The van der Waals surface area contributed by atoms with Crippen LogP contribution in [0.4, 0.5) is 0 Å². The predicted molar refractivity (Wildman–Crippen MR) is 98.9 cm³/mol. The van der Waals surface area contributed by atoms with Crippen LogP contribution in [0, 0.1) is 5.92 Å². The highest BCUT2D eigenvalue weighted by Crippen LogP contribution is 2.24. The van der Waals surface area contributed by atoms with Gasteiger partial charge in [-0.25, -0.2) is 13.4 Å². The van der Waals surface area contributed by atoms with Gasteiger partial charge in [0.2, 0.25) is 5.91 Å². The maximum Gasteiger partial charge on any atom is 0.262 e. The van der Waals surface area contributed by atoms with Crippen molar-refractivity contribution in [3.63, 3.8) is 0 Å². The van der Waals surface area contributed by atoms with Crippen LogP contribution in [-0.2, 0) is 21.9 Å². The van der Waals surface area contributed by atoms with Crippen LogP contribution in [-0.4, -0.2) is 47.3 Å². The number of imidazole rings is 1. The van der Waals surface area contributed by atoms with Gasteiger partial charge in [0.25, 0.3) is 10.0 Å². The van der Waals surface area contributed by atoms with Gasteiger partial charge in [-0.15, -0.1) is 0 Å². The molecule has 0 bridgehead atoms. The molecule has 0 aromatic carbocycles. The predicted octanol–water partition coefficient (Wildman–Crippen LogP) is 2.05. The van der Waals surface area contributed by atoms with E-state index in [1.54, 1.807) is 11.6 Å². The average molecular weight is 383 g/mol. The van der Waals surface area contributed by atoms with E-state index in [0.717, 1.165) is 32.1 Å². The summed E-state index contributed by atoms with van der Waals surface area (Å²) in [7, 11) is -1.89. The first-order chi connectivity index (χ1) is 12.5. The lowest BCUT2D eigenvalue weighted by Gasteiger charge is -2.32. The van der Waals surface area contributed by atoms with Crippen molar-refractivity contribution in [2.45, 2.75) is 68.9 Å². The molecule has 8 heteroatoms. The Morgan fingerprint density at radius 3 is 2.46 bits per heavy atom. The van der Waals surface area contributed by atoms with E-state index in [2.05, 4.69) is 10.3 Å². The number of amides is 1. The zero-order valence-corrected chi connectivity index (χ0v) is 16.4. The average Bonchev–Trinajstić information content (AvgIpc) is 3.04. The number of sulfonamides is 1. The van der Waals surface area contributed by atoms with Crippen LogP contribution in [0.5, 0.6) is 0 Å². The SMILES string of the molecule is Cn1cnc(S(=O)(=O)N2CCCC(C(=O)NC3CCCCCCC3)C2)c1. The maximum absolute atomic E-state index is 12.8. The number of aryl methyl sites for hydroxylation is 1. The van der Waals surface area contributed by atoms with Gasteiger partial charge in [-0.2, -0.15) is 4.31 Å². The summed E-state index contributed by atoms with van der Waals surface area (Å²) >= 11 is 0. The molecule has 1 aliphatic heterocycles. The molecule has 1 amide bonds. The van der Waals surface area contributed by atoms with Gasteiger partial charge < -0.3 is 9.88 Å². The van der Waals surface area contributed by atoms with Crippen molar-refractivity contribution in [1.82, 2.24) is 19.2 Å². The fourth-order valence-electron chi connectivity index (χ4n) is 3.95. The summed E-state index contributed by atoms with van der Waals surface area (Å²) in [6, 6.07) is 0.241. The summed E-state index contributed by atoms with van der Waals surface area (Å²) in [5.74, 6) is -0.260. The van der Waals surface area contributed by atoms with E-state index >= 15 is 0 Å². The monoisotopic (exact) mass is 382 g/mol. The molecular formula is C18H30N4O3S. The van der Waals surface area contributed by atoms with Gasteiger partial charge in [0.05, 0.1) is 12.2 Å². The zero-order chi connectivity index (χ0) is 18.6. The number of hydrogen-bond donors (Lipinski definition) is 1. The van der Waals surface area contributed by atoms with E-state index in [1.807, 2.05) is 0 Å². The molecule has 1 N–H and O–H groups in total. The standard InChI is InChI=1S/C18H30N4O3S/c1-21-13-17(19-14-21)26(24,25)22-11-7-8-15(12-22)18(23)20-16-9-5-3-2-4-6-10-16/h13-16H,2-12H2,1H3,(H,20,23). The largest absolute Gasteiger partial charge is 0.353 e. The van der Waals surface area contributed by atoms with Gasteiger partial charge in [-0.05, 0) is 25.7 Å². The third-order valence-electron chi connectivity index (χ3n) is 5.49. The minimum atomic E-state index is -3.63. The van der Waals surface area contributed by atoms with Gasteiger partial charge in [0.15, 0.2) is 5.03 Å². The molecule has 1 atom stereocenters. The molecule has 1 unspecified atom stereocenters. The second-order valence-corrected chi connectivity index (χ2v) is 9.52. The molecule has 1 aliphatic carbocycles. The van der Waals surface area contributed by atoms with Crippen molar-refractivity contribution < 1.29 is 13.2 Å². The molecule has 7 nitrogen and oxygen atoms in total. The number of carbonyl (C=O) groups excluding carboxylic acids is 1. The molecule has 2 fully saturated rings. The van der Waals surface area contributed by atoms with Crippen LogP contribution in [0.25, 0.3) is 0 Å². The van der Waals surface area contributed by atoms with Crippen LogP contribution >= 0.6 is 0 Å². The summed E-state index contributed by atoms with van der Waals surface area (Å²) in [5.41, 5.74) is 0. The molecule has 1 saturated heterocycles. The number of nitrogens with zero attached hydrogens (tertiary/aromatic N) is 3. The van der Waals surface area contributed by atoms with E-state index in [4.69, 9.17) is 0 Å². The fraction of sp³-hybridized carbons (Fsp3) is 0.778. The fourth-order valence-corrected chi connectivity index (χ4v) is 5.44. The Labute approximate surface area is 156 Å². The Hall–Kier alpha value is -1.41. The molecule has 146 valence electrons. The van der Waals surface area contributed by atoms with Crippen LogP contribution in [0.2, 0.25) is 0 Å². The lowest BCUT2D eigenvalue weighted by Crippen LogP contribution is -2.47. The number of aromatic nitrogens is 2. The molecule has 1 aromatic heterocycles. The van der Waals surface area contributed by atoms with Crippen molar-refractivity contribution in [2.24, 2.45) is 13.0 Å². The molecule has 26 heavy (non-hydrogen) atoms. The van der Waals surface area contributed by atoms with Crippen LogP contribution in [0.15, 0.2) is 17.6 Å². The third-order valence-corrected chi connectivity index (χ3v) is 7.24. The van der Waals surface area contributed by atoms with E-state index in [9.17, 15) is 13.2 Å². The Morgan fingerprint density at radius 2 is 1.81 bits per heavy atom. The Kier molecular flexibility index (Phi) is 6.34. The highest BCUT2D eigenvalue weighted by atomic mass is 32.2. The lowest BCUT2D eigenvalue weighted by atomic mass is 9.94. The van der Waals surface area contributed by atoms with Gasteiger partial charge in [-0.1, -0.05) is 32.1 Å². The maximum atomic E-state index is 12.8. The minimum Gasteiger partial charge on any atom is -0.353 e. The van der Waals surface area contributed by atoms with Gasteiger partial charge in [0.1, 0.15) is 0 Å². The molecule has 1 aromatic rings. The van der Waals surface area contributed by atoms with E-state index < -0.39 is 10.0 Å². The minimum absolute atomic E-state index is 0.0106. The van der Waals surface area contributed by atoms with E-state index in [0.29, 0.717) is 13.0 Å². The van der Waals surface area contributed by atoms with E-state index in [1.165, 1.54) is 36.1 Å². The molecule has 2 heterocycles. The molecule has 3 rings (SSSR count). The van der Waals surface area contributed by atoms with Gasteiger partial charge in [0, 0.05) is 32.4 Å². The molecule has 2 aliphatic rings. The van der Waals surface area contributed by atoms with Crippen molar-refractivity contribution >= 4 is 15.9 Å². The van der Waals surface area contributed by atoms with E-state index in [-0.39, 0.29) is 29.4 Å². The van der Waals surface area contributed by atoms with Crippen LogP contribution < -0.4 is 5.32 Å². The number of rotatable bonds is 4. The summed E-state index contributed by atoms with van der Waals surface area (Å²) in [4.78, 5) is 16.7. The number of hydrogen-bond acceptors (Lipinski definition) is 4. The Morgan fingerprint density at radius 1 is 1.12 bits per heavy atom. The molecule has 1 saturated carbocycles. The van der Waals surface area contributed by atoms with Gasteiger partial charge in [-0.3, -0.25) is 4.79 Å². The van der Waals surface area contributed by atoms with Gasteiger partial charge >= 0.3 is 0 Å². The summed E-state index contributed by atoms with van der Waals surface area (Å²) in [5, 5.41) is 3.25. The van der Waals surface area contributed by atoms with Crippen LogP contribution in [0.1, 0.15) is 57.8 Å². The topological polar surface area (TPSA) is 84.3 Å². The van der Waals surface area contributed by atoms with Crippen molar-refractivity contribution in [1.29, 1.82) is 0 Å². The molecule has 0 spiro atoms. The molecule has 0 radical (unpaired) electrons. The normalized spacial score (nSPS) is 24.0. The highest BCUT2D eigenvalue weighted by Gasteiger charge is 2.34. The Bertz CT molecular complexity index is 708. The van der Waals surface area contributed by atoms with Crippen molar-refractivity contribution in [3.8, 4) is 0 Å². The number of nitrogens with one attached hydrogen (secondary N) is 1. The Balaban J connectivity index is 1.61. The summed E-state index contributed by atoms with van der Waals surface area (Å²) < 4.78 is 28.6. The third kappa shape index (κ3) is 4.65. The quantitative estimate of drug-likeness (QED) is 0.864. The first-order valence-electron chi connectivity index (χ1n) is 9.75. The number of piperidine rings is 1. The molecular weight excluding hydrogens is 352 g/mol. The highest BCUT2D eigenvalue weighted by molar-refractivity contribution is 7.89. The first kappa shape index (κ1) is 19.4. The summed E-state index contributed by atoms with van der Waals surface area (Å²) in [6.07, 6.45) is 12.6. The zero-order valence-electron chi connectivity index (χ0n) is 15.6.